The second-order valence-electron chi connectivity index (χ2n) is 0. The second-order valence-corrected chi connectivity index (χ2v) is 0. The van der Waals surface area contributed by atoms with Crippen molar-refractivity contribution in [2.75, 3.05) is 0 Å². The van der Waals surface area contributed by atoms with Crippen molar-refractivity contribution in [3.05, 3.63) is 0 Å². The van der Waals surface area contributed by atoms with Gasteiger partial charge in [-0.1, -0.05) is 0 Å². The molecular formula is Na6O28V10-50. The zero-order chi connectivity index (χ0) is 0. The Balaban J connectivity index is 0. The van der Waals surface area contributed by atoms with E-state index in [1.807, 2.05) is 0 Å². The molecule has 0 unspecified atom stereocenters. The second kappa shape index (κ2) is 1300. The van der Waals surface area contributed by atoms with Gasteiger partial charge in [0.25, 0.3) is 0 Å². The van der Waals surface area contributed by atoms with E-state index in [9.17, 15) is 0 Å². The maximum Gasteiger partial charge on any atom is 1.00 e. The molecular weight excluding hydrogens is 1100 g/mol. The zero-order valence-electron chi connectivity index (χ0n) is 21.9. The maximum atomic E-state index is 0. The van der Waals surface area contributed by atoms with Gasteiger partial charge >= 0.3 is 177 Å². The molecule has 0 bridgehead atoms. The molecule has 0 heterocycles. The summed E-state index contributed by atoms with van der Waals surface area (Å²) in [4.78, 5) is 0. The van der Waals surface area contributed by atoms with Crippen molar-refractivity contribution >= 4 is 0 Å². The van der Waals surface area contributed by atoms with Crippen LogP contribution in [-0.4, -0.2) is 0 Å². The largest absolute Gasteiger partial charge is 2.00 e. The summed E-state index contributed by atoms with van der Waals surface area (Å²) in [5.41, 5.74) is 0. The van der Waals surface area contributed by atoms with Gasteiger partial charge in [-0.2, -0.15) is 0 Å². The van der Waals surface area contributed by atoms with Gasteiger partial charge in [0.1, 0.15) is 0 Å². The molecule has 0 aliphatic rings. The molecule has 0 aliphatic heterocycles. The first-order chi connectivity index (χ1) is 0. The quantitative estimate of drug-likeness (QED) is 0.204. The summed E-state index contributed by atoms with van der Waals surface area (Å²) in [5.74, 6) is 0. The summed E-state index contributed by atoms with van der Waals surface area (Å²) in [7, 11) is 0. The Morgan fingerprint density at radius 2 is 0.0682 bits per heavy atom. The fraction of sp³-hybridized carbons (Fsp3) is 0. The van der Waals surface area contributed by atoms with E-state index in [2.05, 4.69) is 0 Å². The van der Waals surface area contributed by atoms with Crippen LogP contribution in [0.2, 0.25) is 0 Å². The summed E-state index contributed by atoms with van der Waals surface area (Å²) in [6.07, 6.45) is 0. The predicted molar refractivity (Wildman–Crippen MR) is 19.2 cm³/mol. The number of hydrogen-bond acceptors (Lipinski definition) is 0. The first-order valence-electron chi connectivity index (χ1n) is 0. The average molecular weight is 1100 g/mol. The molecule has 0 N–H and O–H groups in total. The van der Waals surface area contributed by atoms with Crippen LogP contribution in [0.1, 0.15) is 0 Å². The Kier molecular flexibility index (Phi) is 40500. The standard InChI is InChI=1S/6Na.28O.10V/q6*+1;28*-2;;;;;;;;;;. The minimum absolute atomic E-state index is 0. The van der Waals surface area contributed by atoms with E-state index in [0.29, 0.717) is 0 Å². The van der Waals surface area contributed by atoms with Crippen LogP contribution in [0.4, 0.5) is 0 Å². The van der Waals surface area contributed by atoms with Gasteiger partial charge in [-0.15, -0.1) is 0 Å². The van der Waals surface area contributed by atoms with E-state index in [4.69, 9.17) is 0 Å². The van der Waals surface area contributed by atoms with Crippen molar-refractivity contribution < 1.29 is 516 Å². The van der Waals surface area contributed by atoms with E-state index in [1.165, 1.54) is 0 Å². The summed E-state index contributed by atoms with van der Waals surface area (Å²) in [5, 5.41) is 0. The molecule has 0 amide bonds. The minimum Gasteiger partial charge on any atom is -2.00 e. The molecule has 0 saturated carbocycles. The molecule has 0 aliphatic carbocycles. The molecule has 0 aromatic carbocycles. The van der Waals surface area contributed by atoms with Gasteiger partial charge in [0.05, 0.1) is 0 Å². The van der Waals surface area contributed by atoms with E-state index < -0.39 is 0 Å². The number of hydrogen-bond donors (Lipinski definition) is 0. The van der Waals surface area contributed by atoms with Crippen LogP contribution in [0.3, 0.4) is 0 Å². The monoisotopic (exact) mass is 1100 g/mol. The molecule has 10 radical (unpaired) electrons. The molecule has 0 rings (SSSR count). The van der Waals surface area contributed by atoms with Gasteiger partial charge in [-0.05, 0) is 0 Å². The van der Waals surface area contributed by atoms with Crippen molar-refractivity contribution in [2.24, 2.45) is 0 Å². The van der Waals surface area contributed by atoms with E-state index in [-0.39, 0.29) is 516 Å². The maximum absolute atomic E-state index is 0. The molecule has 0 saturated heterocycles. The van der Waals surface area contributed by atoms with Crippen LogP contribution in [0.15, 0.2) is 0 Å². The van der Waals surface area contributed by atoms with Gasteiger partial charge in [0.2, 0.25) is 0 Å². The molecule has 0 fully saturated rings. The fourth-order valence-electron chi connectivity index (χ4n) is 0. The molecule has 44 heavy (non-hydrogen) atoms. The molecule has 274 valence electrons. The third kappa shape index (κ3) is 1230. The third-order valence-electron chi connectivity index (χ3n) is 0. The van der Waals surface area contributed by atoms with Crippen LogP contribution in [-0.2, 0) is 339 Å². The Hall–Kier alpha value is 10.7. The van der Waals surface area contributed by atoms with Gasteiger partial charge in [0.15, 0.2) is 0 Å². The van der Waals surface area contributed by atoms with Crippen molar-refractivity contribution in [3.63, 3.8) is 0 Å². The molecule has 44 heteroatoms. The Morgan fingerprint density at radius 1 is 0.0682 bits per heavy atom. The van der Waals surface area contributed by atoms with E-state index >= 15 is 0 Å². The van der Waals surface area contributed by atoms with Gasteiger partial charge in [-0.25, -0.2) is 0 Å². The van der Waals surface area contributed by atoms with Crippen LogP contribution in [0, 0.1) is 0 Å². The molecule has 0 aromatic heterocycles. The average Bonchev–Trinajstić information content (AvgIpc) is 0. The molecule has 0 aromatic rings. The SMILES string of the molecule is [Na+].[Na+].[Na+].[Na+].[Na+].[Na+].[O-2].[O-2].[O-2].[O-2].[O-2].[O-2].[O-2].[O-2].[O-2].[O-2].[O-2].[O-2].[O-2].[O-2].[O-2].[O-2].[O-2].[O-2].[O-2].[O-2].[O-2].[O-2].[O-2].[O-2].[O-2].[O-2].[O-2].[O-2].[V].[V].[V].[V].[V].[V].[V].[V].[V].[V]. The fourth-order valence-corrected chi connectivity index (χ4v) is 0. The Labute approximate surface area is 505 Å². The zero-order valence-corrected chi connectivity index (χ0v) is 47.9. The third-order valence-corrected chi connectivity index (χ3v) is 0. The minimum atomic E-state index is 0. The summed E-state index contributed by atoms with van der Waals surface area (Å²) in [6.45, 7) is 0. The van der Waals surface area contributed by atoms with Gasteiger partial charge in [0, 0.05) is 186 Å². The molecule has 0 spiro atoms. The van der Waals surface area contributed by atoms with Crippen LogP contribution in [0.25, 0.3) is 0 Å². The van der Waals surface area contributed by atoms with Crippen LogP contribution in [0.5, 0.6) is 0 Å². The van der Waals surface area contributed by atoms with Gasteiger partial charge in [-0.3, -0.25) is 0 Å². The first kappa shape index (κ1) is 1370. The number of rotatable bonds is 0. The van der Waals surface area contributed by atoms with Gasteiger partial charge < -0.3 is 153 Å². The van der Waals surface area contributed by atoms with Crippen molar-refractivity contribution in [2.45, 2.75) is 0 Å². The van der Waals surface area contributed by atoms with Crippen molar-refractivity contribution in [1.82, 2.24) is 0 Å². The first-order valence-corrected chi connectivity index (χ1v) is 0. The molecule has 28 nitrogen and oxygen atoms in total. The Morgan fingerprint density at radius 3 is 0.0682 bits per heavy atom. The van der Waals surface area contributed by atoms with Crippen molar-refractivity contribution in [3.8, 4) is 0 Å². The predicted octanol–water partition coefficient (Wildman–Crippen LogP) is -21.3. The normalized spacial score (nSPS) is 0. The van der Waals surface area contributed by atoms with Crippen molar-refractivity contribution in [1.29, 1.82) is 0 Å². The Bertz CT molecular complexity index is 56.9. The van der Waals surface area contributed by atoms with E-state index in [1.54, 1.807) is 0 Å². The summed E-state index contributed by atoms with van der Waals surface area (Å²) >= 11 is 0. The topological polar surface area (TPSA) is 798 Å². The van der Waals surface area contributed by atoms with E-state index in [0.717, 1.165) is 0 Å². The van der Waals surface area contributed by atoms with Crippen LogP contribution >= 0.6 is 0 Å². The smallest absolute Gasteiger partial charge is 1.00 e. The summed E-state index contributed by atoms with van der Waals surface area (Å²) < 4.78 is 0. The summed E-state index contributed by atoms with van der Waals surface area (Å²) in [6, 6.07) is 0. The van der Waals surface area contributed by atoms with Crippen LogP contribution < -0.4 is 177 Å². The molecule has 0 atom stereocenters.